The van der Waals surface area contributed by atoms with Gasteiger partial charge in [0.05, 0.1) is 5.54 Å². The molecule has 0 fully saturated rings. The third-order valence-electron chi connectivity index (χ3n) is 4.72. The van der Waals surface area contributed by atoms with Crippen LogP contribution in [0.1, 0.15) is 40.9 Å². The van der Waals surface area contributed by atoms with Crippen molar-refractivity contribution < 1.29 is 14.8 Å². The summed E-state index contributed by atoms with van der Waals surface area (Å²) in [6, 6.07) is 12.6. The highest BCUT2D eigenvalue weighted by molar-refractivity contribution is 5.96. The number of fused-ring (bicyclic) bond motifs is 1. The summed E-state index contributed by atoms with van der Waals surface area (Å²) in [5.74, 6) is -0.576. The molecule has 130 valence electrons. The molecule has 2 aromatic carbocycles. The first-order valence-electron chi connectivity index (χ1n) is 8.06. The zero-order valence-corrected chi connectivity index (χ0v) is 14.5. The number of benzene rings is 2. The summed E-state index contributed by atoms with van der Waals surface area (Å²) in [5, 5.41) is 11.9. The van der Waals surface area contributed by atoms with Crippen molar-refractivity contribution in [2.75, 3.05) is 5.32 Å². The van der Waals surface area contributed by atoms with Gasteiger partial charge in [-0.2, -0.15) is 0 Å². The largest absolute Gasteiger partial charge is 0.322 e. The molecule has 3 rings (SSSR count). The van der Waals surface area contributed by atoms with Crippen molar-refractivity contribution in [3.05, 3.63) is 64.7 Å². The standard InChI is InChI=1S/C19H21N3O3/c1-12-7-9-13(10-8-12)20-18(24)22-11-15-14(17(23)21-25)5-4-6-16(15)19(22,2)3/h4-10,25H,11H2,1-3H3,(H,20,24)(H,21,23). The van der Waals surface area contributed by atoms with Crippen molar-refractivity contribution in [3.8, 4) is 0 Å². The monoisotopic (exact) mass is 339 g/mol. The number of amides is 3. The van der Waals surface area contributed by atoms with Gasteiger partial charge in [0.15, 0.2) is 0 Å². The number of aryl methyl sites for hydroxylation is 1. The first-order chi connectivity index (χ1) is 11.8. The second-order valence-corrected chi connectivity index (χ2v) is 6.71. The number of nitrogens with zero attached hydrogens (tertiary/aromatic N) is 1. The Labute approximate surface area is 146 Å². The molecule has 3 amide bonds. The van der Waals surface area contributed by atoms with Crippen molar-refractivity contribution in [2.45, 2.75) is 32.9 Å². The molecule has 0 unspecified atom stereocenters. The lowest BCUT2D eigenvalue weighted by Crippen LogP contribution is -2.42. The van der Waals surface area contributed by atoms with Crippen LogP contribution in [0.15, 0.2) is 42.5 Å². The van der Waals surface area contributed by atoms with Gasteiger partial charge in [-0.1, -0.05) is 29.8 Å². The van der Waals surface area contributed by atoms with Crippen LogP contribution >= 0.6 is 0 Å². The van der Waals surface area contributed by atoms with Crippen LogP contribution in [0.4, 0.5) is 10.5 Å². The quantitative estimate of drug-likeness (QED) is 0.579. The van der Waals surface area contributed by atoms with E-state index in [1.807, 2.05) is 51.1 Å². The summed E-state index contributed by atoms with van der Waals surface area (Å²) in [7, 11) is 0. The van der Waals surface area contributed by atoms with E-state index in [0.717, 1.165) is 22.4 Å². The Balaban J connectivity index is 1.90. The lowest BCUT2D eigenvalue weighted by atomic mass is 9.91. The number of rotatable bonds is 2. The van der Waals surface area contributed by atoms with Gasteiger partial charge in [-0.25, -0.2) is 10.3 Å². The van der Waals surface area contributed by atoms with E-state index in [-0.39, 0.29) is 6.03 Å². The lowest BCUT2D eigenvalue weighted by molar-refractivity contribution is 0.0704. The number of carbonyl (C=O) groups is 2. The van der Waals surface area contributed by atoms with Gasteiger partial charge in [0.1, 0.15) is 0 Å². The number of urea groups is 1. The maximum atomic E-state index is 12.8. The van der Waals surface area contributed by atoms with Crippen LogP contribution < -0.4 is 10.8 Å². The van der Waals surface area contributed by atoms with Gasteiger partial charge < -0.3 is 10.2 Å². The van der Waals surface area contributed by atoms with Gasteiger partial charge in [0.2, 0.25) is 0 Å². The highest BCUT2D eigenvalue weighted by Crippen LogP contribution is 2.40. The summed E-state index contributed by atoms with van der Waals surface area (Å²) < 4.78 is 0. The van der Waals surface area contributed by atoms with Crippen LogP contribution in [-0.4, -0.2) is 22.0 Å². The fourth-order valence-electron chi connectivity index (χ4n) is 3.26. The molecule has 0 atom stereocenters. The molecule has 1 aliphatic rings. The van der Waals surface area contributed by atoms with Crippen molar-refractivity contribution >= 4 is 17.6 Å². The van der Waals surface area contributed by atoms with Crippen molar-refractivity contribution in [3.63, 3.8) is 0 Å². The van der Waals surface area contributed by atoms with E-state index in [1.54, 1.807) is 22.5 Å². The molecule has 0 spiro atoms. The van der Waals surface area contributed by atoms with E-state index < -0.39 is 11.4 Å². The molecule has 6 nitrogen and oxygen atoms in total. The van der Waals surface area contributed by atoms with Crippen molar-refractivity contribution in [1.29, 1.82) is 0 Å². The van der Waals surface area contributed by atoms with E-state index in [2.05, 4.69) is 5.32 Å². The summed E-state index contributed by atoms with van der Waals surface area (Å²) in [6.45, 7) is 6.16. The molecule has 25 heavy (non-hydrogen) atoms. The Morgan fingerprint density at radius 1 is 1.12 bits per heavy atom. The molecule has 0 radical (unpaired) electrons. The Kier molecular flexibility index (Phi) is 4.22. The van der Waals surface area contributed by atoms with E-state index in [4.69, 9.17) is 5.21 Å². The molecule has 0 aliphatic carbocycles. The van der Waals surface area contributed by atoms with Crippen LogP contribution in [0, 0.1) is 6.92 Å². The van der Waals surface area contributed by atoms with Crippen molar-refractivity contribution in [1.82, 2.24) is 10.4 Å². The van der Waals surface area contributed by atoms with Crippen LogP contribution in [0.5, 0.6) is 0 Å². The minimum atomic E-state index is -0.576. The SMILES string of the molecule is Cc1ccc(NC(=O)N2Cc3c(C(=O)NO)cccc3C2(C)C)cc1. The molecule has 1 aliphatic heterocycles. The van der Waals surface area contributed by atoms with Gasteiger partial charge in [0, 0.05) is 17.8 Å². The summed E-state index contributed by atoms with van der Waals surface area (Å²) in [5.41, 5.74) is 4.95. The highest BCUT2D eigenvalue weighted by Gasteiger charge is 2.41. The minimum Gasteiger partial charge on any atom is -0.311 e. The third kappa shape index (κ3) is 2.96. The second-order valence-electron chi connectivity index (χ2n) is 6.71. The molecule has 0 saturated carbocycles. The van der Waals surface area contributed by atoms with Gasteiger partial charge in [0.25, 0.3) is 5.91 Å². The van der Waals surface area contributed by atoms with Gasteiger partial charge >= 0.3 is 6.03 Å². The lowest BCUT2D eigenvalue weighted by Gasteiger charge is -2.32. The Morgan fingerprint density at radius 3 is 2.44 bits per heavy atom. The average Bonchev–Trinajstić information content (AvgIpc) is 2.87. The number of hydrogen-bond acceptors (Lipinski definition) is 3. The Morgan fingerprint density at radius 2 is 1.80 bits per heavy atom. The van der Waals surface area contributed by atoms with E-state index >= 15 is 0 Å². The maximum Gasteiger partial charge on any atom is 0.322 e. The van der Waals surface area contributed by atoms with Gasteiger partial charge in [-0.3, -0.25) is 10.0 Å². The third-order valence-corrected chi connectivity index (χ3v) is 4.72. The first-order valence-corrected chi connectivity index (χ1v) is 8.06. The summed E-state index contributed by atoms with van der Waals surface area (Å²) >= 11 is 0. The van der Waals surface area contributed by atoms with Gasteiger partial charge in [-0.05, 0) is 50.1 Å². The van der Waals surface area contributed by atoms with Crippen LogP contribution in [0.3, 0.4) is 0 Å². The highest BCUT2D eigenvalue weighted by atomic mass is 16.5. The molecule has 6 heteroatoms. The number of carbonyl (C=O) groups excluding carboxylic acids is 2. The van der Waals surface area contributed by atoms with E-state index in [1.165, 1.54) is 0 Å². The number of hydrogen-bond donors (Lipinski definition) is 3. The predicted octanol–water partition coefficient (Wildman–Crippen LogP) is 3.40. The fraction of sp³-hybridized carbons (Fsp3) is 0.263. The topological polar surface area (TPSA) is 81.7 Å². The molecule has 3 N–H and O–H groups in total. The molecular weight excluding hydrogens is 318 g/mol. The van der Waals surface area contributed by atoms with E-state index in [9.17, 15) is 9.59 Å². The normalized spacial score (nSPS) is 14.8. The molecule has 0 bridgehead atoms. The molecule has 0 aromatic heterocycles. The van der Waals surface area contributed by atoms with Crippen LogP contribution in [-0.2, 0) is 12.1 Å². The van der Waals surface area contributed by atoms with Crippen LogP contribution in [0.25, 0.3) is 0 Å². The smallest absolute Gasteiger partial charge is 0.311 e. The second kappa shape index (κ2) is 6.22. The Bertz CT molecular complexity index is 828. The van der Waals surface area contributed by atoms with Gasteiger partial charge in [-0.15, -0.1) is 0 Å². The van der Waals surface area contributed by atoms with E-state index in [0.29, 0.717) is 12.1 Å². The summed E-state index contributed by atoms with van der Waals surface area (Å²) in [4.78, 5) is 26.4. The molecular formula is C19H21N3O3. The molecule has 2 aromatic rings. The number of nitrogens with one attached hydrogen (secondary N) is 2. The first kappa shape index (κ1) is 17.0. The fourth-order valence-corrected chi connectivity index (χ4v) is 3.26. The summed E-state index contributed by atoms with van der Waals surface area (Å²) in [6.07, 6.45) is 0. The maximum absolute atomic E-state index is 12.8. The molecule has 1 heterocycles. The van der Waals surface area contributed by atoms with Crippen molar-refractivity contribution in [2.24, 2.45) is 0 Å². The van der Waals surface area contributed by atoms with Crippen LogP contribution in [0.2, 0.25) is 0 Å². The average molecular weight is 339 g/mol. The number of hydroxylamine groups is 1. The minimum absolute atomic E-state index is 0.236. The zero-order chi connectivity index (χ0) is 18.2. The zero-order valence-electron chi connectivity index (χ0n) is 14.5. The predicted molar refractivity (Wildman–Crippen MR) is 94.5 cm³/mol. The number of anilines is 1. The Hall–Kier alpha value is -2.86. The molecule has 0 saturated heterocycles.